The fourth-order valence-corrected chi connectivity index (χ4v) is 6.62. The highest BCUT2D eigenvalue weighted by molar-refractivity contribution is 6.74. The molecule has 0 unspecified atom stereocenters. The third kappa shape index (κ3) is 20.2. The van der Waals surface area contributed by atoms with Gasteiger partial charge in [-0.3, -0.25) is 9.59 Å². The van der Waals surface area contributed by atoms with Crippen LogP contribution >= 0.6 is 0 Å². The third-order valence-corrected chi connectivity index (χ3v) is 15.1. The maximum Gasteiger partial charge on any atom is 0.407 e. The second-order valence-electron chi connectivity index (χ2n) is 20.1. The average Bonchev–Trinajstić information content (AvgIpc) is 3.21. The predicted octanol–water partition coefficient (Wildman–Crippen LogP) is 11.6. The minimum Gasteiger partial charge on any atom is -0.544 e. The summed E-state index contributed by atoms with van der Waals surface area (Å²) < 4.78 is 28.7. The van der Waals surface area contributed by atoms with Crippen LogP contribution in [0, 0.1) is 0 Å². The average molecular weight is 943 g/mol. The highest BCUT2D eigenvalue weighted by atomic mass is 28.4. The molecule has 0 aromatic heterocycles. The van der Waals surface area contributed by atoms with Crippen molar-refractivity contribution in [1.29, 1.82) is 0 Å². The maximum absolute atomic E-state index is 12.8. The van der Waals surface area contributed by atoms with Crippen LogP contribution in [0.4, 0.5) is 21.0 Å². The van der Waals surface area contributed by atoms with E-state index in [0.717, 1.165) is 16.9 Å². The van der Waals surface area contributed by atoms with Gasteiger partial charge >= 0.3 is 12.2 Å². The predicted molar refractivity (Wildman–Crippen MR) is 267 cm³/mol. The van der Waals surface area contributed by atoms with Crippen LogP contribution in [0.5, 0.6) is 11.5 Å². The lowest BCUT2D eigenvalue weighted by molar-refractivity contribution is 0.0181. The van der Waals surface area contributed by atoms with E-state index in [2.05, 4.69) is 55.1 Å². The van der Waals surface area contributed by atoms with Gasteiger partial charge in [-0.1, -0.05) is 45.0 Å². The molecule has 4 amide bonds. The van der Waals surface area contributed by atoms with Crippen molar-refractivity contribution in [2.75, 3.05) is 10.6 Å². The topological polar surface area (TPSA) is 183 Å². The highest BCUT2D eigenvalue weighted by Gasteiger charge is 2.39. The monoisotopic (exact) mass is 943 g/mol. The Labute approximate surface area is 399 Å². The molecule has 0 spiro atoms. The number of amides is 4. The molecule has 0 radical (unpaired) electrons. The molecular weight excluding hydrogens is 869 g/mol. The van der Waals surface area contributed by atoms with Gasteiger partial charge in [0, 0.05) is 22.5 Å². The summed E-state index contributed by atoms with van der Waals surface area (Å²) in [6.45, 7) is 30.0. The van der Waals surface area contributed by atoms with Crippen molar-refractivity contribution >= 4 is 43.7 Å². The van der Waals surface area contributed by atoms with Crippen LogP contribution in [-0.2, 0) is 32.2 Å². The molecule has 0 aliphatic carbocycles. The van der Waals surface area contributed by atoms with Crippen LogP contribution in [0.1, 0.15) is 122 Å². The van der Waals surface area contributed by atoms with Gasteiger partial charge in [0.2, 0.25) is 8.32 Å². The molecule has 4 aromatic rings. The fourth-order valence-electron chi connectivity index (χ4n) is 5.58. The van der Waals surface area contributed by atoms with Crippen LogP contribution in [0.15, 0.2) is 97.1 Å². The van der Waals surface area contributed by atoms with E-state index in [4.69, 9.17) is 23.4 Å². The van der Waals surface area contributed by atoms with Gasteiger partial charge in [0.25, 0.3) is 11.8 Å². The first-order valence-corrected chi connectivity index (χ1v) is 25.5. The summed E-state index contributed by atoms with van der Waals surface area (Å²) in [6.07, 6.45) is -1.44. The number of hydrogen-bond acceptors (Lipinski definition) is 10. The first-order valence-electron chi connectivity index (χ1n) is 22.6. The van der Waals surface area contributed by atoms with Crippen LogP contribution < -0.4 is 25.7 Å². The Morgan fingerprint density at radius 2 is 0.940 bits per heavy atom. The largest absolute Gasteiger partial charge is 0.544 e. The molecule has 0 bridgehead atoms. The van der Waals surface area contributed by atoms with E-state index in [1.54, 1.807) is 30.3 Å². The summed E-state index contributed by atoms with van der Waals surface area (Å²) >= 11 is 0. The van der Waals surface area contributed by atoms with Crippen LogP contribution in [0.2, 0.25) is 18.1 Å². The van der Waals surface area contributed by atoms with Gasteiger partial charge in [0.15, 0.2) is 0 Å². The Balaban J connectivity index is 0.000000363. The number of nitrogens with one attached hydrogen (secondary N) is 4. The van der Waals surface area contributed by atoms with Crippen molar-refractivity contribution in [3.8, 4) is 11.5 Å². The molecule has 4 aromatic carbocycles. The summed E-state index contributed by atoms with van der Waals surface area (Å²) in [4.78, 5) is 49.0. The molecule has 67 heavy (non-hydrogen) atoms. The quantitative estimate of drug-likeness (QED) is 0.0678. The van der Waals surface area contributed by atoms with Gasteiger partial charge < -0.3 is 49.7 Å². The zero-order valence-electron chi connectivity index (χ0n) is 42.1. The van der Waals surface area contributed by atoms with E-state index in [1.165, 1.54) is 12.1 Å². The lowest BCUT2D eigenvalue weighted by Gasteiger charge is -2.36. The smallest absolute Gasteiger partial charge is 0.407 e. The number of carbonyl (C=O) groups excluding carboxylic acids is 4. The van der Waals surface area contributed by atoms with Crippen molar-refractivity contribution in [3.05, 3.63) is 119 Å². The molecule has 5 N–H and O–H groups in total. The zero-order valence-corrected chi connectivity index (χ0v) is 43.1. The number of ether oxygens (including phenoxy) is 4. The number of carbonyl (C=O) groups is 4. The van der Waals surface area contributed by atoms with Gasteiger partial charge in [-0.15, -0.1) is 0 Å². The maximum atomic E-state index is 12.8. The number of phenols is 1. The molecule has 4 atom stereocenters. The van der Waals surface area contributed by atoms with Crippen molar-refractivity contribution < 1.29 is 47.7 Å². The molecule has 4 rings (SSSR count). The first kappa shape index (κ1) is 55.4. The summed E-state index contributed by atoms with van der Waals surface area (Å²) in [6, 6.07) is 27.7. The number of aromatic hydroxyl groups is 1. The lowest BCUT2D eigenvalue weighted by Crippen LogP contribution is -2.43. The van der Waals surface area contributed by atoms with E-state index >= 15 is 0 Å². The minimum absolute atomic E-state index is 0.0994. The number of hydrogen-bond donors (Lipinski definition) is 5. The summed E-state index contributed by atoms with van der Waals surface area (Å²) in [7, 11) is -1.94. The molecule has 0 saturated carbocycles. The summed E-state index contributed by atoms with van der Waals surface area (Å²) in [5, 5.41) is 20.8. The molecule has 0 aliphatic heterocycles. The number of benzene rings is 4. The Kier molecular flexibility index (Phi) is 20.0. The number of anilines is 2. The molecule has 0 saturated heterocycles. The number of rotatable bonds is 16. The SMILES string of the molecule is C[C@@H](NC(=O)OC(C)(C)C)[C@@H](C)OCc1cccc(NC(=O)c2ccc(O)cc2)c1.C[C@@H](NC(=O)OC(C)(C)C)[C@@H](C)OCc1cccc(NC(=O)c2ccc(O[Si](C)(C)C(C)(C)C)cc2)c1. The molecule has 0 fully saturated rings. The van der Waals surface area contributed by atoms with E-state index in [0.29, 0.717) is 35.7 Å². The molecule has 0 aliphatic rings. The Morgan fingerprint density at radius 3 is 1.30 bits per heavy atom. The van der Waals surface area contributed by atoms with E-state index in [-0.39, 0.29) is 46.9 Å². The van der Waals surface area contributed by atoms with E-state index < -0.39 is 31.7 Å². The van der Waals surface area contributed by atoms with Crippen LogP contribution in [0.25, 0.3) is 0 Å². The third-order valence-electron chi connectivity index (χ3n) is 10.7. The lowest BCUT2D eigenvalue weighted by atomic mass is 10.1. The Morgan fingerprint density at radius 1 is 0.567 bits per heavy atom. The Bertz CT molecular complexity index is 2230. The first-order chi connectivity index (χ1) is 31.0. The van der Waals surface area contributed by atoms with Crippen molar-refractivity contribution in [3.63, 3.8) is 0 Å². The molecule has 15 heteroatoms. The summed E-state index contributed by atoms with van der Waals surface area (Å²) in [5.41, 5.74) is 3.01. The summed E-state index contributed by atoms with van der Waals surface area (Å²) in [5.74, 6) is 0.430. The van der Waals surface area contributed by atoms with Crippen LogP contribution in [0.3, 0.4) is 0 Å². The van der Waals surface area contributed by atoms with E-state index in [9.17, 15) is 24.3 Å². The van der Waals surface area contributed by atoms with Crippen molar-refractivity contribution in [1.82, 2.24) is 10.6 Å². The van der Waals surface area contributed by atoms with Gasteiger partial charge in [-0.05, 0) is 171 Å². The number of alkyl carbamates (subject to hydrolysis) is 2. The molecular formula is C52H74N4O10Si. The van der Waals surface area contributed by atoms with Gasteiger partial charge in [-0.25, -0.2) is 9.59 Å². The van der Waals surface area contributed by atoms with E-state index in [1.807, 2.05) is 124 Å². The van der Waals surface area contributed by atoms with Crippen LogP contribution in [-0.4, -0.2) is 72.9 Å². The van der Waals surface area contributed by atoms with Crippen molar-refractivity contribution in [2.45, 2.75) is 157 Å². The molecule has 14 nitrogen and oxygen atoms in total. The second-order valence-corrected chi connectivity index (χ2v) is 24.9. The van der Waals surface area contributed by atoms with Gasteiger partial charge in [0.05, 0.1) is 37.5 Å². The fraction of sp³-hybridized carbons (Fsp3) is 0.462. The Hall–Kier alpha value is -5.90. The molecule has 366 valence electrons. The molecule has 0 heterocycles. The van der Waals surface area contributed by atoms with Gasteiger partial charge in [-0.2, -0.15) is 0 Å². The normalized spacial score (nSPS) is 13.6. The standard InChI is InChI=1S/C29H44N2O5Si.C23H30N2O5/c1-20(30-27(33)35-28(3,4)5)21(2)34-19-22-12-11-13-24(18-22)31-26(32)23-14-16-25(17-15-23)36-37(9,10)29(6,7)8;1-15(24-22(28)30-23(3,4)5)16(2)29-14-17-7-6-8-19(13-17)25-21(27)18-9-11-20(26)12-10-18/h11-18,20-21H,19H2,1-10H3,(H,30,33)(H,31,32);6-13,15-16,26H,14H2,1-5H3,(H,24,28)(H,25,27)/t20-,21-;15-,16-/m11/s1. The second kappa shape index (κ2) is 24.2. The van der Waals surface area contributed by atoms with Crippen molar-refractivity contribution in [2.24, 2.45) is 0 Å². The minimum atomic E-state index is -1.94. The van der Waals surface area contributed by atoms with Gasteiger partial charge in [0.1, 0.15) is 22.7 Å². The number of phenolic OH excluding ortho intramolecular Hbond substituents is 1. The highest BCUT2D eigenvalue weighted by Crippen LogP contribution is 2.37. The zero-order chi connectivity index (χ0) is 50.3.